The molecule has 5 nitrogen and oxygen atoms in total. The molecule has 0 saturated carbocycles. The molecule has 1 aromatic heterocycles. The summed E-state index contributed by atoms with van der Waals surface area (Å²) in [5, 5.41) is 4.36. The second-order valence-electron chi connectivity index (χ2n) is 5.52. The minimum Gasteiger partial charge on any atom is -0.339 e. The van der Waals surface area contributed by atoms with Crippen molar-refractivity contribution in [3.63, 3.8) is 0 Å². The number of likely N-dealkylation sites (tertiary alicyclic amines) is 1. The highest BCUT2D eigenvalue weighted by Gasteiger charge is 2.18. The van der Waals surface area contributed by atoms with E-state index in [9.17, 15) is 4.79 Å². The number of nitrogens with zero attached hydrogens (tertiary/aromatic N) is 4. The number of aromatic nitrogens is 3. The normalized spacial score (nSPS) is 15.2. The maximum absolute atomic E-state index is 12.4. The molecule has 1 saturated heterocycles. The molecule has 1 aliphatic rings. The van der Waals surface area contributed by atoms with Gasteiger partial charge in [0.1, 0.15) is 11.6 Å². The van der Waals surface area contributed by atoms with Crippen LogP contribution in [0.3, 0.4) is 0 Å². The zero-order valence-corrected chi connectivity index (χ0v) is 12.5. The monoisotopic (exact) mass is 284 g/mol. The molecule has 0 bridgehead atoms. The van der Waals surface area contributed by atoms with Crippen molar-refractivity contribution in [1.82, 2.24) is 19.7 Å². The van der Waals surface area contributed by atoms with E-state index in [4.69, 9.17) is 0 Å². The summed E-state index contributed by atoms with van der Waals surface area (Å²) in [6.07, 6.45) is 3.45. The summed E-state index contributed by atoms with van der Waals surface area (Å²) >= 11 is 0. The number of carbonyl (C=O) groups excluding carboxylic acids is 1. The van der Waals surface area contributed by atoms with E-state index in [2.05, 4.69) is 10.1 Å². The van der Waals surface area contributed by atoms with Crippen molar-refractivity contribution in [1.29, 1.82) is 0 Å². The maximum Gasteiger partial charge on any atom is 0.253 e. The Morgan fingerprint density at radius 2 is 1.71 bits per heavy atom. The molecule has 2 heterocycles. The Balaban J connectivity index is 1.80. The van der Waals surface area contributed by atoms with Gasteiger partial charge in [0.2, 0.25) is 0 Å². The molecule has 3 rings (SSSR count). The summed E-state index contributed by atoms with van der Waals surface area (Å²) in [6.45, 7) is 5.55. The second kappa shape index (κ2) is 5.68. The number of amides is 1. The third kappa shape index (κ3) is 2.82. The highest BCUT2D eigenvalue weighted by molar-refractivity contribution is 5.94. The van der Waals surface area contributed by atoms with E-state index in [-0.39, 0.29) is 5.91 Å². The molecule has 1 amide bonds. The van der Waals surface area contributed by atoms with Gasteiger partial charge in [0, 0.05) is 18.7 Å². The van der Waals surface area contributed by atoms with Gasteiger partial charge in [-0.25, -0.2) is 9.67 Å². The van der Waals surface area contributed by atoms with E-state index in [1.165, 1.54) is 6.42 Å². The third-order valence-electron chi connectivity index (χ3n) is 3.88. The van der Waals surface area contributed by atoms with Crippen LogP contribution in [0.2, 0.25) is 0 Å². The smallest absolute Gasteiger partial charge is 0.253 e. The summed E-state index contributed by atoms with van der Waals surface area (Å²) in [4.78, 5) is 18.7. The van der Waals surface area contributed by atoms with Crippen molar-refractivity contribution in [2.24, 2.45) is 0 Å². The van der Waals surface area contributed by atoms with Crippen LogP contribution in [0.25, 0.3) is 5.69 Å². The predicted octanol–water partition coefficient (Wildman–Crippen LogP) is 2.51. The first-order chi connectivity index (χ1) is 10.1. The SMILES string of the molecule is Cc1nc(C)n(-c2ccc(C(=O)N3CCCCC3)cc2)n1. The largest absolute Gasteiger partial charge is 0.339 e. The first kappa shape index (κ1) is 13.8. The fourth-order valence-corrected chi connectivity index (χ4v) is 2.79. The van der Waals surface area contributed by atoms with Crippen LogP contribution in [0.15, 0.2) is 24.3 Å². The molecule has 1 aliphatic heterocycles. The van der Waals surface area contributed by atoms with Gasteiger partial charge in [-0.1, -0.05) is 0 Å². The molecule has 0 atom stereocenters. The molecule has 0 aliphatic carbocycles. The molecule has 0 spiro atoms. The number of aryl methyl sites for hydroxylation is 2. The van der Waals surface area contributed by atoms with Crippen molar-refractivity contribution in [3.8, 4) is 5.69 Å². The fraction of sp³-hybridized carbons (Fsp3) is 0.438. The van der Waals surface area contributed by atoms with Gasteiger partial charge >= 0.3 is 0 Å². The molecular formula is C16H20N4O. The van der Waals surface area contributed by atoms with Gasteiger partial charge in [-0.05, 0) is 57.4 Å². The van der Waals surface area contributed by atoms with E-state index >= 15 is 0 Å². The van der Waals surface area contributed by atoms with Crippen molar-refractivity contribution < 1.29 is 4.79 Å². The Hall–Kier alpha value is -2.17. The van der Waals surface area contributed by atoms with Gasteiger partial charge in [-0.15, -0.1) is 0 Å². The van der Waals surface area contributed by atoms with Crippen LogP contribution >= 0.6 is 0 Å². The third-order valence-corrected chi connectivity index (χ3v) is 3.88. The average Bonchev–Trinajstić information content (AvgIpc) is 2.86. The maximum atomic E-state index is 12.4. The Morgan fingerprint density at radius 1 is 1.05 bits per heavy atom. The molecule has 0 unspecified atom stereocenters. The Labute approximate surface area is 124 Å². The lowest BCUT2D eigenvalue weighted by Gasteiger charge is -2.26. The Bertz CT molecular complexity index is 639. The first-order valence-electron chi connectivity index (χ1n) is 7.45. The molecule has 0 N–H and O–H groups in total. The standard InChI is InChI=1S/C16H20N4O/c1-12-17-13(2)20(18-12)15-8-6-14(7-9-15)16(21)19-10-4-3-5-11-19/h6-9H,3-5,10-11H2,1-2H3. The zero-order valence-electron chi connectivity index (χ0n) is 12.5. The Kier molecular flexibility index (Phi) is 3.73. The lowest BCUT2D eigenvalue weighted by atomic mass is 10.1. The molecule has 2 aromatic rings. The number of carbonyl (C=O) groups is 1. The minimum absolute atomic E-state index is 0.132. The number of piperidine rings is 1. The van der Waals surface area contributed by atoms with Crippen LogP contribution in [0.1, 0.15) is 41.3 Å². The lowest BCUT2D eigenvalue weighted by molar-refractivity contribution is 0.0724. The van der Waals surface area contributed by atoms with Crippen molar-refractivity contribution in [3.05, 3.63) is 41.5 Å². The van der Waals surface area contributed by atoms with E-state index in [1.54, 1.807) is 4.68 Å². The number of rotatable bonds is 2. The zero-order chi connectivity index (χ0) is 14.8. The quantitative estimate of drug-likeness (QED) is 0.851. The van der Waals surface area contributed by atoms with Crippen LogP contribution in [-0.4, -0.2) is 38.7 Å². The summed E-state index contributed by atoms with van der Waals surface area (Å²) in [5.74, 6) is 1.73. The van der Waals surface area contributed by atoms with Crippen LogP contribution in [0.4, 0.5) is 0 Å². The number of hydrogen-bond donors (Lipinski definition) is 0. The van der Waals surface area contributed by atoms with E-state index in [0.29, 0.717) is 0 Å². The first-order valence-corrected chi connectivity index (χ1v) is 7.45. The van der Waals surface area contributed by atoms with Crippen molar-refractivity contribution in [2.75, 3.05) is 13.1 Å². The van der Waals surface area contributed by atoms with Gasteiger partial charge < -0.3 is 4.90 Å². The number of benzene rings is 1. The summed E-state index contributed by atoms with van der Waals surface area (Å²) < 4.78 is 1.80. The van der Waals surface area contributed by atoms with Crippen LogP contribution in [0.5, 0.6) is 0 Å². The van der Waals surface area contributed by atoms with Crippen LogP contribution in [-0.2, 0) is 0 Å². The van der Waals surface area contributed by atoms with Crippen LogP contribution in [0, 0.1) is 13.8 Å². The van der Waals surface area contributed by atoms with Gasteiger partial charge in [0.25, 0.3) is 5.91 Å². The molecule has 5 heteroatoms. The Morgan fingerprint density at radius 3 is 2.29 bits per heavy atom. The van der Waals surface area contributed by atoms with Gasteiger partial charge in [0.15, 0.2) is 0 Å². The highest BCUT2D eigenvalue weighted by atomic mass is 16.2. The highest BCUT2D eigenvalue weighted by Crippen LogP contribution is 2.15. The van der Waals surface area contributed by atoms with E-state index < -0.39 is 0 Å². The minimum atomic E-state index is 0.132. The van der Waals surface area contributed by atoms with Crippen molar-refractivity contribution in [2.45, 2.75) is 33.1 Å². The average molecular weight is 284 g/mol. The lowest BCUT2D eigenvalue weighted by Crippen LogP contribution is -2.35. The van der Waals surface area contributed by atoms with E-state index in [0.717, 1.165) is 48.8 Å². The molecule has 1 fully saturated rings. The summed E-state index contributed by atoms with van der Waals surface area (Å²) in [6, 6.07) is 7.61. The van der Waals surface area contributed by atoms with Crippen molar-refractivity contribution >= 4 is 5.91 Å². The van der Waals surface area contributed by atoms with Crippen LogP contribution < -0.4 is 0 Å². The molecule has 110 valence electrons. The molecular weight excluding hydrogens is 264 g/mol. The fourth-order valence-electron chi connectivity index (χ4n) is 2.79. The topological polar surface area (TPSA) is 51.0 Å². The number of hydrogen-bond acceptors (Lipinski definition) is 3. The van der Waals surface area contributed by atoms with Gasteiger partial charge in [-0.2, -0.15) is 5.10 Å². The van der Waals surface area contributed by atoms with Gasteiger partial charge in [-0.3, -0.25) is 4.79 Å². The molecule has 1 aromatic carbocycles. The molecule has 0 radical (unpaired) electrons. The predicted molar refractivity (Wildman–Crippen MR) is 80.6 cm³/mol. The second-order valence-corrected chi connectivity index (χ2v) is 5.52. The summed E-state index contributed by atoms with van der Waals surface area (Å²) in [7, 11) is 0. The van der Waals surface area contributed by atoms with Gasteiger partial charge in [0.05, 0.1) is 5.69 Å². The summed E-state index contributed by atoms with van der Waals surface area (Å²) in [5.41, 5.74) is 1.68. The molecule has 21 heavy (non-hydrogen) atoms. The van der Waals surface area contributed by atoms with E-state index in [1.807, 2.05) is 43.0 Å².